The third-order valence-electron chi connectivity index (χ3n) is 4.60. The number of nitrogens with one attached hydrogen (secondary N) is 1. The van der Waals surface area contributed by atoms with E-state index >= 15 is 0 Å². The Balaban J connectivity index is 1.62. The Morgan fingerprint density at radius 3 is 1.97 bits per heavy atom. The topological polar surface area (TPSA) is 95.5 Å². The molecule has 176 valence electrons. The molecule has 0 saturated carbocycles. The van der Waals surface area contributed by atoms with Crippen LogP contribution >= 0.6 is 0 Å². The van der Waals surface area contributed by atoms with E-state index < -0.39 is 5.97 Å². The number of esters is 1. The number of hydrogen-bond acceptors (Lipinski definition) is 7. The monoisotopic (exact) mass is 462 g/mol. The van der Waals surface area contributed by atoms with Gasteiger partial charge in [0, 0.05) is 5.56 Å². The fourth-order valence-corrected chi connectivity index (χ4v) is 2.96. The number of ether oxygens (including phenoxy) is 4. The van der Waals surface area contributed by atoms with Crippen molar-refractivity contribution in [3.63, 3.8) is 0 Å². The van der Waals surface area contributed by atoms with Gasteiger partial charge >= 0.3 is 5.97 Å². The van der Waals surface area contributed by atoms with Gasteiger partial charge in [0.05, 0.1) is 32.1 Å². The highest BCUT2D eigenvalue weighted by Crippen LogP contribution is 2.28. The molecule has 0 aromatic heterocycles. The Kier molecular flexibility index (Phi) is 8.62. The lowest BCUT2D eigenvalue weighted by molar-refractivity contribution is 0.0729. The minimum Gasteiger partial charge on any atom is -0.494 e. The molecule has 0 radical (unpaired) electrons. The van der Waals surface area contributed by atoms with Crippen LogP contribution in [0.25, 0.3) is 0 Å². The molecular weight excluding hydrogens is 436 g/mol. The van der Waals surface area contributed by atoms with Crippen LogP contribution in [-0.4, -0.2) is 38.4 Å². The molecule has 8 heteroatoms. The number of benzene rings is 3. The number of methoxy groups -OCH3 is 1. The van der Waals surface area contributed by atoms with Gasteiger partial charge in [-0.3, -0.25) is 4.79 Å². The van der Waals surface area contributed by atoms with Gasteiger partial charge in [-0.15, -0.1) is 0 Å². The van der Waals surface area contributed by atoms with Crippen LogP contribution in [0.2, 0.25) is 0 Å². The van der Waals surface area contributed by atoms with Crippen LogP contribution in [0.15, 0.2) is 71.8 Å². The van der Waals surface area contributed by atoms with Gasteiger partial charge in [0.1, 0.15) is 11.5 Å². The first-order valence-corrected chi connectivity index (χ1v) is 10.7. The second-order valence-corrected chi connectivity index (χ2v) is 6.91. The first-order chi connectivity index (χ1) is 16.5. The molecule has 0 bridgehead atoms. The zero-order valence-electron chi connectivity index (χ0n) is 19.2. The third kappa shape index (κ3) is 6.59. The molecule has 0 heterocycles. The summed E-state index contributed by atoms with van der Waals surface area (Å²) in [5.41, 5.74) is 3.95. The number of hydrogen-bond donors (Lipinski definition) is 1. The van der Waals surface area contributed by atoms with Crippen molar-refractivity contribution in [2.24, 2.45) is 5.10 Å². The number of hydrazone groups is 1. The summed E-state index contributed by atoms with van der Waals surface area (Å²) in [6.45, 7) is 4.88. The largest absolute Gasteiger partial charge is 0.494 e. The molecule has 0 aliphatic heterocycles. The Bertz CT molecular complexity index is 1140. The molecule has 0 aliphatic rings. The molecule has 1 amide bonds. The van der Waals surface area contributed by atoms with E-state index in [9.17, 15) is 9.59 Å². The highest BCUT2D eigenvalue weighted by molar-refractivity contribution is 5.95. The average molecular weight is 463 g/mol. The zero-order chi connectivity index (χ0) is 24.3. The summed E-state index contributed by atoms with van der Waals surface area (Å²) in [7, 11) is 1.47. The number of amides is 1. The van der Waals surface area contributed by atoms with Crippen LogP contribution in [0.3, 0.4) is 0 Å². The van der Waals surface area contributed by atoms with E-state index in [2.05, 4.69) is 10.5 Å². The predicted octanol–water partition coefficient (Wildman–Crippen LogP) is 4.48. The van der Waals surface area contributed by atoms with Gasteiger partial charge in [-0.05, 0) is 86.1 Å². The number of carbonyl (C=O) groups excluding carboxylic acids is 2. The highest BCUT2D eigenvalue weighted by Gasteiger charge is 2.13. The van der Waals surface area contributed by atoms with E-state index in [4.69, 9.17) is 18.9 Å². The van der Waals surface area contributed by atoms with Crippen LogP contribution in [0, 0.1) is 0 Å². The van der Waals surface area contributed by atoms with E-state index in [0.29, 0.717) is 47.2 Å². The molecule has 0 fully saturated rings. The maximum atomic E-state index is 12.5. The summed E-state index contributed by atoms with van der Waals surface area (Å²) < 4.78 is 21.6. The van der Waals surface area contributed by atoms with Gasteiger partial charge < -0.3 is 18.9 Å². The highest BCUT2D eigenvalue weighted by atomic mass is 16.6. The van der Waals surface area contributed by atoms with E-state index in [1.165, 1.54) is 13.3 Å². The second kappa shape index (κ2) is 12.1. The molecule has 34 heavy (non-hydrogen) atoms. The molecule has 0 aliphatic carbocycles. The lowest BCUT2D eigenvalue weighted by atomic mass is 10.2. The van der Waals surface area contributed by atoms with Crippen molar-refractivity contribution in [3.05, 3.63) is 83.4 Å². The molecule has 0 atom stereocenters. The van der Waals surface area contributed by atoms with Crippen LogP contribution in [0.1, 0.15) is 40.1 Å². The second-order valence-electron chi connectivity index (χ2n) is 6.91. The minimum absolute atomic E-state index is 0.261. The van der Waals surface area contributed by atoms with Crippen LogP contribution in [0.4, 0.5) is 0 Å². The molecule has 0 saturated heterocycles. The molecular formula is C26H26N2O6. The Morgan fingerprint density at radius 2 is 1.41 bits per heavy atom. The van der Waals surface area contributed by atoms with Crippen molar-refractivity contribution in [1.29, 1.82) is 0 Å². The minimum atomic E-state index is -0.523. The first kappa shape index (κ1) is 24.3. The van der Waals surface area contributed by atoms with Gasteiger partial charge in [-0.1, -0.05) is 0 Å². The maximum Gasteiger partial charge on any atom is 0.343 e. The molecule has 3 aromatic carbocycles. The van der Waals surface area contributed by atoms with Crippen molar-refractivity contribution in [2.45, 2.75) is 13.8 Å². The lowest BCUT2D eigenvalue weighted by Crippen LogP contribution is -2.17. The summed E-state index contributed by atoms with van der Waals surface area (Å²) in [4.78, 5) is 24.7. The Hall–Kier alpha value is -4.33. The lowest BCUT2D eigenvalue weighted by Gasteiger charge is -2.10. The number of carbonyl (C=O) groups is 2. The molecule has 0 unspecified atom stereocenters. The molecule has 3 aromatic rings. The van der Waals surface area contributed by atoms with Gasteiger partial charge in [0.25, 0.3) is 5.91 Å². The van der Waals surface area contributed by atoms with Gasteiger partial charge in [-0.25, -0.2) is 10.2 Å². The fraction of sp³-hybridized carbons (Fsp3) is 0.192. The average Bonchev–Trinajstić information content (AvgIpc) is 2.86. The summed E-state index contributed by atoms with van der Waals surface area (Å²) in [5.74, 6) is 1.10. The molecule has 0 spiro atoms. The Labute approximate surface area is 198 Å². The number of rotatable bonds is 10. The molecule has 3 rings (SSSR count). The summed E-state index contributed by atoms with van der Waals surface area (Å²) >= 11 is 0. The maximum absolute atomic E-state index is 12.5. The van der Waals surface area contributed by atoms with Crippen molar-refractivity contribution in [1.82, 2.24) is 5.43 Å². The van der Waals surface area contributed by atoms with Crippen molar-refractivity contribution < 1.29 is 28.5 Å². The van der Waals surface area contributed by atoms with E-state index in [1.807, 2.05) is 13.8 Å². The standard InChI is InChI=1S/C26H26N2O6/c1-4-32-21-11-7-19(8-12-21)25(29)28-27-17-18-6-15-23(24(16-18)31-3)34-26(30)20-9-13-22(14-10-20)33-5-2/h6-17H,4-5H2,1-3H3,(H,28,29)/b27-17+. The van der Waals surface area contributed by atoms with Gasteiger partial charge in [0.15, 0.2) is 11.5 Å². The van der Waals surface area contributed by atoms with Crippen LogP contribution < -0.4 is 24.4 Å². The van der Waals surface area contributed by atoms with Crippen molar-refractivity contribution in [3.8, 4) is 23.0 Å². The molecule has 8 nitrogen and oxygen atoms in total. The first-order valence-electron chi connectivity index (χ1n) is 10.7. The molecule has 1 N–H and O–H groups in total. The van der Waals surface area contributed by atoms with E-state index in [1.54, 1.807) is 66.7 Å². The summed E-state index contributed by atoms with van der Waals surface area (Å²) in [5, 5.41) is 3.98. The van der Waals surface area contributed by atoms with Crippen molar-refractivity contribution in [2.75, 3.05) is 20.3 Å². The van der Waals surface area contributed by atoms with E-state index in [0.717, 1.165) is 0 Å². The normalized spacial score (nSPS) is 10.6. The Morgan fingerprint density at radius 1 is 0.824 bits per heavy atom. The number of nitrogens with zero attached hydrogens (tertiary/aromatic N) is 1. The van der Waals surface area contributed by atoms with Gasteiger partial charge in [0.2, 0.25) is 0 Å². The van der Waals surface area contributed by atoms with Crippen LogP contribution in [0.5, 0.6) is 23.0 Å². The smallest absolute Gasteiger partial charge is 0.343 e. The fourth-order valence-electron chi connectivity index (χ4n) is 2.96. The summed E-state index contributed by atoms with van der Waals surface area (Å²) in [6, 6.07) is 18.4. The zero-order valence-corrected chi connectivity index (χ0v) is 19.2. The van der Waals surface area contributed by atoms with Gasteiger partial charge in [-0.2, -0.15) is 5.10 Å². The summed E-state index contributed by atoms with van der Waals surface area (Å²) in [6.07, 6.45) is 1.47. The predicted molar refractivity (Wildman–Crippen MR) is 128 cm³/mol. The SMILES string of the molecule is CCOc1ccc(C(=O)N/N=C/c2ccc(OC(=O)c3ccc(OCC)cc3)c(OC)c2)cc1. The van der Waals surface area contributed by atoms with E-state index in [-0.39, 0.29) is 11.7 Å². The van der Waals surface area contributed by atoms with Crippen molar-refractivity contribution >= 4 is 18.1 Å². The van der Waals surface area contributed by atoms with Crippen LogP contribution in [-0.2, 0) is 0 Å². The third-order valence-corrected chi connectivity index (χ3v) is 4.60. The quantitative estimate of drug-likeness (QED) is 0.207.